The molecule has 0 aliphatic carbocycles. The lowest BCUT2D eigenvalue weighted by Crippen LogP contribution is -1.97. The minimum atomic E-state index is -0.0910. The molecule has 0 unspecified atom stereocenters. The smallest absolute Gasteiger partial charge is 0.136 e. The van der Waals surface area contributed by atoms with Crippen molar-refractivity contribution < 1.29 is 19.7 Å². The van der Waals surface area contributed by atoms with Gasteiger partial charge in [-0.15, -0.1) is 22.7 Å². The molecule has 2 aromatic heterocycles. The van der Waals surface area contributed by atoms with Gasteiger partial charge in [-0.1, -0.05) is 146 Å². The first-order valence-corrected chi connectivity index (χ1v) is 23.0. The van der Waals surface area contributed by atoms with E-state index >= 15 is 0 Å². The molecule has 0 aliphatic heterocycles. The van der Waals surface area contributed by atoms with Crippen molar-refractivity contribution in [2.75, 3.05) is 0 Å². The van der Waals surface area contributed by atoms with Crippen molar-refractivity contribution in [2.24, 2.45) is 0 Å². The molecule has 6 heteroatoms. The Morgan fingerprint density at radius 1 is 0.328 bits per heavy atom. The molecular formula is C58H38O4S2. The van der Waals surface area contributed by atoms with Crippen LogP contribution in [0.1, 0.15) is 11.1 Å². The van der Waals surface area contributed by atoms with Crippen LogP contribution in [-0.4, -0.2) is 10.2 Å². The summed E-state index contributed by atoms with van der Waals surface area (Å²) >= 11 is 3.55. The number of aliphatic hydroxyl groups is 2. The summed E-state index contributed by atoms with van der Waals surface area (Å²) in [5.41, 5.74) is 7.32. The van der Waals surface area contributed by atoms with Gasteiger partial charge in [0.15, 0.2) is 0 Å². The first-order valence-electron chi connectivity index (χ1n) is 21.3. The van der Waals surface area contributed by atoms with E-state index in [0.29, 0.717) is 23.0 Å². The summed E-state index contributed by atoms with van der Waals surface area (Å²) in [6.07, 6.45) is 0. The average Bonchev–Trinajstić information content (AvgIpc) is 3.93. The van der Waals surface area contributed by atoms with Gasteiger partial charge in [-0.2, -0.15) is 0 Å². The summed E-state index contributed by atoms with van der Waals surface area (Å²) in [4.78, 5) is 0. The first-order chi connectivity index (χ1) is 31.6. The van der Waals surface area contributed by atoms with E-state index in [1.165, 1.54) is 40.3 Å². The predicted molar refractivity (Wildman–Crippen MR) is 268 cm³/mol. The molecule has 12 aromatic rings. The van der Waals surface area contributed by atoms with E-state index in [9.17, 15) is 10.2 Å². The SMILES string of the molecule is OCc1ccc(Oc2ccc3ccccc3c2-c2c(Oc3ccc(CO)cc3-c3cccc4c3sc3ccccc34)ccc3ccccc23)c(-c2cccc3c2sc2ccccc23)c1. The highest BCUT2D eigenvalue weighted by Gasteiger charge is 2.24. The van der Waals surface area contributed by atoms with Gasteiger partial charge >= 0.3 is 0 Å². The Hall–Kier alpha value is -7.32. The number of aliphatic hydroxyl groups excluding tert-OH is 2. The summed E-state index contributed by atoms with van der Waals surface area (Å²) in [6.45, 7) is -0.182. The molecule has 306 valence electrons. The van der Waals surface area contributed by atoms with Gasteiger partial charge in [-0.05, 0) is 81.2 Å². The summed E-state index contributed by atoms with van der Waals surface area (Å²) < 4.78 is 19.3. The third kappa shape index (κ3) is 6.42. The van der Waals surface area contributed by atoms with Crippen molar-refractivity contribution in [3.05, 3.63) is 205 Å². The molecule has 0 radical (unpaired) electrons. The maximum Gasteiger partial charge on any atom is 0.136 e. The summed E-state index contributed by atoms with van der Waals surface area (Å²) in [6, 6.07) is 67.1. The fraction of sp³-hybridized carbons (Fsp3) is 0.0345. The van der Waals surface area contributed by atoms with Crippen LogP contribution in [0.15, 0.2) is 194 Å². The van der Waals surface area contributed by atoms with Crippen LogP contribution < -0.4 is 9.47 Å². The average molecular weight is 863 g/mol. The molecule has 0 fully saturated rings. The number of hydrogen-bond donors (Lipinski definition) is 2. The fourth-order valence-electron chi connectivity index (χ4n) is 9.29. The van der Waals surface area contributed by atoms with Crippen LogP contribution in [0, 0.1) is 0 Å². The van der Waals surface area contributed by atoms with Crippen LogP contribution in [0.4, 0.5) is 0 Å². The van der Waals surface area contributed by atoms with Crippen LogP contribution in [0.25, 0.3) is 95.3 Å². The Balaban J connectivity index is 1.07. The largest absolute Gasteiger partial charge is 0.456 e. The number of thiophene rings is 2. The van der Waals surface area contributed by atoms with E-state index in [4.69, 9.17) is 9.47 Å². The van der Waals surface area contributed by atoms with Gasteiger partial charge in [-0.3, -0.25) is 0 Å². The van der Waals surface area contributed by atoms with Crippen LogP contribution in [0.5, 0.6) is 23.0 Å². The van der Waals surface area contributed by atoms with Crippen LogP contribution in [-0.2, 0) is 13.2 Å². The second kappa shape index (κ2) is 15.8. The van der Waals surface area contributed by atoms with E-state index in [2.05, 4.69) is 170 Å². The molecule has 4 nitrogen and oxygen atoms in total. The van der Waals surface area contributed by atoms with Crippen LogP contribution in [0.2, 0.25) is 0 Å². The van der Waals surface area contributed by atoms with Gasteiger partial charge < -0.3 is 19.7 Å². The highest BCUT2D eigenvalue weighted by atomic mass is 32.1. The Morgan fingerprint density at radius 3 is 1.17 bits per heavy atom. The third-order valence-electron chi connectivity index (χ3n) is 12.3. The summed E-state index contributed by atoms with van der Waals surface area (Å²) in [5.74, 6) is 2.71. The van der Waals surface area contributed by atoms with Gasteiger partial charge in [0, 0.05) is 73.7 Å². The zero-order valence-electron chi connectivity index (χ0n) is 34.4. The molecular weight excluding hydrogens is 825 g/mol. The van der Waals surface area contributed by atoms with Crippen molar-refractivity contribution in [1.29, 1.82) is 0 Å². The molecule has 0 spiro atoms. The number of benzene rings is 10. The molecule has 0 saturated heterocycles. The fourth-order valence-corrected chi connectivity index (χ4v) is 11.8. The molecule has 0 atom stereocenters. The molecule has 10 aromatic carbocycles. The highest BCUT2D eigenvalue weighted by Crippen LogP contribution is 2.51. The molecule has 0 bridgehead atoms. The Labute approximate surface area is 377 Å². The van der Waals surface area contributed by atoms with E-state index in [0.717, 1.165) is 66.1 Å². The minimum Gasteiger partial charge on any atom is -0.456 e. The Kier molecular flexibility index (Phi) is 9.46. The zero-order chi connectivity index (χ0) is 42.7. The van der Waals surface area contributed by atoms with Gasteiger partial charge in [0.2, 0.25) is 0 Å². The lowest BCUT2D eigenvalue weighted by atomic mass is 9.92. The molecule has 64 heavy (non-hydrogen) atoms. The standard InChI is InChI=1S/C58H38O4S2/c59-33-35-23-27-49(47(31-35)45-19-9-17-43-41-15-5-7-21-53(41)63-57(43)45)61-51-29-25-37-11-1-3-13-39(37)55(51)56-40-14-4-2-12-38(40)26-30-52(56)62-50-28-24-36(34-60)32-48(50)46-20-10-18-44-42-16-6-8-22-54(42)64-58(44)46/h1-32,59-60H,33-34H2. The molecule has 2 heterocycles. The van der Waals surface area contributed by atoms with Crippen LogP contribution in [0.3, 0.4) is 0 Å². The normalized spacial score (nSPS) is 11.7. The third-order valence-corrected chi connectivity index (χ3v) is 14.8. The Bertz CT molecular complexity index is 3540. The molecule has 0 amide bonds. The van der Waals surface area contributed by atoms with Gasteiger partial charge in [0.1, 0.15) is 23.0 Å². The topological polar surface area (TPSA) is 58.9 Å². The second-order valence-corrected chi connectivity index (χ2v) is 18.2. The number of fused-ring (bicyclic) bond motifs is 8. The van der Waals surface area contributed by atoms with Gasteiger partial charge in [-0.25, -0.2) is 0 Å². The lowest BCUT2D eigenvalue weighted by Gasteiger charge is -2.21. The van der Waals surface area contributed by atoms with Gasteiger partial charge in [0.25, 0.3) is 0 Å². The predicted octanol–water partition coefficient (Wildman–Crippen LogP) is 16.3. The quantitative estimate of drug-likeness (QED) is 0.152. The van der Waals surface area contributed by atoms with E-state index < -0.39 is 0 Å². The number of ether oxygens (including phenoxy) is 2. The molecule has 0 saturated carbocycles. The maximum absolute atomic E-state index is 10.4. The van der Waals surface area contributed by atoms with Crippen molar-refractivity contribution in [2.45, 2.75) is 13.2 Å². The maximum atomic E-state index is 10.4. The highest BCUT2D eigenvalue weighted by molar-refractivity contribution is 7.26. The summed E-state index contributed by atoms with van der Waals surface area (Å²) in [7, 11) is 0. The monoisotopic (exact) mass is 862 g/mol. The second-order valence-electron chi connectivity index (χ2n) is 16.1. The number of hydrogen-bond acceptors (Lipinski definition) is 6. The first kappa shape index (κ1) is 38.4. The molecule has 2 N–H and O–H groups in total. The minimum absolute atomic E-state index is 0.0910. The van der Waals surface area contributed by atoms with Crippen molar-refractivity contribution in [3.63, 3.8) is 0 Å². The Morgan fingerprint density at radius 2 is 0.719 bits per heavy atom. The molecule has 12 rings (SSSR count). The van der Waals surface area contributed by atoms with E-state index in [-0.39, 0.29) is 13.2 Å². The molecule has 0 aliphatic rings. The lowest BCUT2D eigenvalue weighted by molar-refractivity contribution is 0.281. The van der Waals surface area contributed by atoms with Crippen molar-refractivity contribution >= 4 is 84.6 Å². The number of rotatable bonds is 9. The zero-order valence-corrected chi connectivity index (χ0v) is 36.0. The van der Waals surface area contributed by atoms with E-state index in [1.54, 1.807) is 22.7 Å². The summed E-state index contributed by atoms with van der Waals surface area (Å²) in [5, 5.41) is 29.9. The van der Waals surface area contributed by atoms with Gasteiger partial charge in [0.05, 0.1) is 13.2 Å². The van der Waals surface area contributed by atoms with Crippen molar-refractivity contribution in [3.8, 4) is 56.4 Å². The van der Waals surface area contributed by atoms with Crippen molar-refractivity contribution in [1.82, 2.24) is 0 Å². The van der Waals surface area contributed by atoms with Crippen LogP contribution >= 0.6 is 22.7 Å². The van der Waals surface area contributed by atoms with E-state index in [1.807, 2.05) is 24.3 Å².